The zero-order chi connectivity index (χ0) is 16.7. The van der Waals surface area contributed by atoms with Gasteiger partial charge in [-0.05, 0) is 6.92 Å². The molecule has 9 nitrogen and oxygen atoms in total. The number of nitrogens with one attached hydrogen (secondary N) is 1. The second kappa shape index (κ2) is 5.67. The van der Waals surface area contributed by atoms with E-state index in [1.807, 2.05) is 0 Å². The molecule has 1 aromatic rings. The van der Waals surface area contributed by atoms with E-state index in [1.54, 1.807) is 6.92 Å². The Hall–Kier alpha value is -2.39. The molecule has 0 aliphatic carbocycles. The molecule has 0 spiro atoms. The molecule has 3 heterocycles. The van der Waals surface area contributed by atoms with E-state index in [0.717, 1.165) is 0 Å². The molecule has 0 unspecified atom stereocenters. The predicted molar refractivity (Wildman–Crippen MR) is 75.4 cm³/mol. The highest BCUT2D eigenvalue weighted by atomic mass is 16.6. The smallest absolute Gasteiger partial charge is 0.337 e. The van der Waals surface area contributed by atoms with Gasteiger partial charge >= 0.3 is 11.7 Å². The molecule has 4 atom stereocenters. The van der Waals surface area contributed by atoms with Gasteiger partial charge in [0.15, 0.2) is 0 Å². The molecule has 1 saturated heterocycles. The number of aliphatic hydroxyl groups excluding tert-OH is 1. The molecule has 124 valence electrons. The number of fused-ring (bicyclic) bond motifs is 1. The summed E-state index contributed by atoms with van der Waals surface area (Å²) in [6, 6.07) is 1.18. The van der Waals surface area contributed by atoms with Crippen LogP contribution in [0.4, 0.5) is 0 Å². The number of allylic oxidation sites excluding steroid dienone is 1. The van der Waals surface area contributed by atoms with Gasteiger partial charge < -0.3 is 19.3 Å². The minimum Gasteiger partial charge on any atom is -0.491 e. The van der Waals surface area contributed by atoms with Crippen LogP contribution in [0.2, 0.25) is 0 Å². The average molecular weight is 324 g/mol. The van der Waals surface area contributed by atoms with Gasteiger partial charge in [-0.1, -0.05) is 0 Å². The van der Waals surface area contributed by atoms with Crippen LogP contribution in [-0.2, 0) is 19.0 Å². The van der Waals surface area contributed by atoms with Gasteiger partial charge in [-0.15, -0.1) is 0 Å². The standard InChI is InChI=1S/C14H16N2O7/c1-6-9(13(19)21-2)10-11(22-6)7(5-17)23-12(10)16-4-3-8(18)15-14(16)20/h3-4,7,10-12,17H,5H2,1-2H3,(H,15,18,20)/t7-,10-,11-,12-/m1/s1. The first kappa shape index (κ1) is 15.5. The molecule has 2 aliphatic heterocycles. The fourth-order valence-electron chi connectivity index (χ4n) is 3.10. The second-order valence-electron chi connectivity index (χ2n) is 5.33. The first-order valence-corrected chi connectivity index (χ1v) is 7.01. The van der Waals surface area contributed by atoms with Crippen molar-refractivity contribution in [1.82, 2.24) is 9.55 Å². The lowest BCUT2D eigenvalue weighted by atomic mass is 9.92. The van der Waals surface area contributed by atoms with Crippen molar-refractivity contribution in [2.45, 2.75) is 25.4 Å². The number of carbonyl (C=O) groups is 1. The number of methoxy groups -OCH3 is 1. The van der Waals surface area contributed by atoms with Crippen LogP contribution in [-0.4, -0.2) is 46.6 Å². The zero-order valence-electron chi connectivity index (χ0n) is 12.5. The summed E-state index contributed by atoms with van der Waals surface area (Å²) in [5, 5.41) is 9.47. The number of rotatable bonds is 3. The van der Waals surface area contributed by atoms with Gasteiger partial charge in [0, 0.05) is 12.3 Å². The number of esters is 1. The first-order chi connectivity index (χ1) is 11.0. The molecule has 23 heavy (non-hydrogen) atoms. The highest BCUT2D eigenvalue weighted by Crippen LogP contribution is 2.46. The number of carbonyl (C=O) groups excluding carboxylic acids is 1. The van der Waals surface area contributed by atoms with Gasteiger partial charge in [-0.3, -0.25) is 14.3 Å². The Bertz CT molecular complexity index is 778. The lowest BCUT2D eigenvalue weighted by Gasteiger charge is -2.19. The molecule has 0 aromatic carbocycles. The van der Waals surface area contributed by atoms with Crippen LogP contribution in [0.3, 0.4) is 0 Å². The molecule has 0 radical (unpaired) electrons. The Balaban J connectivity index is 2.08. The summed E-state index contributed by atoms with van der Waals surface area (Å²) in [5.41, 5.74) is -0.952. The maximum Gasteiger partial charge on any atom is 0.337 e. The summed E-state index contributed by atoms with van der Waals surface area (Å²) in [6.07, 6.45) is -0.933. The van der Waals surface area contributed by atoms with Gasteiger partial charge in [-0.2, -0.15) is 0 Å². The van der Waals surface area contributed by atoms with E-state index in [-0.39, 0.29) is 12.2 Å². The highest BCUT2D eigenvalue weighted by molar-refractivity contribution is 5.90. The van der Waals surface area contributed by atoms with Crippen molar-refractivity contribution in [3.63, 3.8) is 0 Å². The molecule has 3 rings (SSSR count). The van der Waals surface area contributed by atoms with Gasteiger partial charge in [-0.25, -0.2) is 9.59 Å². The number of aromatic amines is 1. The summed E-state index contributed by atoms with van der Waals surface area (Å²) in [5.74, 6) is -0.834. The summed E-state index contributed by atoms with van der Waals surface area (Å²) in [6.45, 7) is 1.28. The molecular formula is C14H16N2O7. The van der Waals surface area contributed by atoms with Crippen molar-refractivity contribution in [2.75, 3.05) is 13.7 Å². The van der Waals surface area contributed by atoms with Crippen molar-refractivity contribution < 1.29 is 24.1 Å². The third kappa shape index (κ3) is 2.37. The number of nitrogens with zero attached hydrogens (tertiary/aromatic N) is 1. The number of ether oxygens (including phenoxy) is 3. The van der Waals surface area contributed by atoms with E-state index in [4.69, 9.17) is 14.2 Å². The minimum absolute atomic E-state index is 0.261. The largest absolute Gasteiger partial charge is 0.491 e. The molecular weight excluding hydrogens is 308 g/mol. The normalized spacial score (nSPS) is 29.3. The number of aromatic nitrogens is 2. The van der Waals surface area contributed by atoms with Gasteiger partial charge in [0.1, 0.15) is 24.2 Å². The Morgan fingerprint density at radius 3 is 2.83 bits per heavy atom. The Kier molecular flexibility index (Phi) is 3.82. The summed E-state index contributed by atoms with van der Waals surface area (Å²) < 4.78 is 17.3. The molecule has 1 fully saturated rings. The summed E-state index contributed by atoms with van der Waals surface area (Å²) >= 11 is 0. The van der Waals surface area contributed by atoms with Crippen LogP contribution >= 0.6 is 0 Å². The lowest BCUT2D eigenvalue weighted by molar-refractivity contribution is -0.137. The number of H-pyrrole nitrogens is 1. The first-order valence-electron chi connectivity index (χ1n) is 7.01. The number of hydrogen-bond acceptors (Lipinski definition) is 7. The van der Waals surface area contributed by atoms with Crippen LogP contribution in [0, 0.1) is 5.92 Å². The quantitative estimate of drug-likeness (QED) is 0.676. The summed E-state index contributed by atoms with van der Waals surface area (Å²) in [7, 11) is 1.25. The van der Waals surface area contributed by atoms with E-state index in [0.29, 0.717) is 5.76 Å². The van der Waals surface area contributed by atoms with Crippen molar-refractivity contribution in [2.24, 2.45) is 5.92 Å². The van der Waals surface area contributed by atoms with E-state index in [2.05, 4.69) is 4.98 Å². The van der Waals surface area contributed by atoms with Crippen LogP contribution in [0.25, 0.3) is 0 Å². The molecule has 2 aliphatic rings. The van der Waals surface area contributed by atoms with Crippen LogP contribution < -0.4 is 11.2 Å². The van der Waals surface area contributed by atoms with Gasteiger partial charge in [0.2, 0.25) is 0 Å². The third-order valence-electron chi connectivity index (χ3n) is 4.08. The minimum atomic E-state index is -0.895. The van der Waals surface area contributed by atoms with Crippen molar-refractivity contribution in [3.8, 4) is 0 Å². The van der Waals surface area contributed by atoms with E-state index < -0.39 is 41.6 Å². The number of aliphatic hydroxyl groups is 1. The van der Waals surface area contributed by atoms with Gasteiger partial charge in [0.05, 0.1) is 25.2 Å². The topological polar surface area (TPSA) is 120 Å². The predicted octanol–water partition coefficient (Wildman–Crippen LogP) is -1.11. The van der Waals surface area contributed by atoms with Crippen molar-refractivity contribution >= 4 is 5.97 Å². The van der Waals surface area contributed by atoms with Crippen molar-refractivity contribution in [3.05, 3.63) is 44.4 Å². The van der Waals surface area contributed by atoms with Gasteiger partial charge in [0.25, 0.3) is 5.56 Å². The van der Waals surface area contributed by atoms with Crippen LogP contribution in [0.1, 0.15) is 13.2 Å². The molecule has 0 amide bonds. The Labute approximate surface area is 130 Å². The number of hydrogen-bond donors (Lipinski definition) is 2. The molecule has 1 aromatic heterocycles. The Morgan fingerprint density at radius 2 is 2.22 bits per heavy atom. The average Bonchev–Trinajstić information content (AvgIpc) is 3.02. The highest BCUT2D eigenvalue weighted by Gasteiger charge is 2.55. The molecule has 2 N–H and O–H groups in total. The monoisotopic (exact) mass is 324 g/mol. The third-order valence-corrected chi connectivity index (χ3v) is 4.08. The SMILES string of the molecule is COC(=O)C1=C(C)O[C@H]2[C@@H]1[C@H](n1ccc(=O)[nH]c1=O)O[C@@H]2CO. The van der Waals surface area contributed by atoms with Crippen LogP contribution in [0.5, 0.6) is 0 Å². The van der Waals surface area contributed by atoms with Crippen molar-refractivity contribution in [1.29, 1.82) is 0 Å². The molecule has 9 heteroatoms. The van der Waals surface area contributed by atoms with E-state index in [9.17, 15) is 19.5 Å². The van der Waals surface area contributed by atoms with Crippen LogP contribution in [0.15, 0.2) is 33.2 Å². The zero-order valence-corrected chi connectivity index (χ0v) is 12.5. The summed E-state index contributed by atoms with van der Waals surface area (Å²) in [4.78, 5) is 37.4. The molecule has 0 bridgehead atoms. The van der Waals surface area contributed by atoms with E-state index in [1.165, 1.54) is 23.9 Å². The lowest BCUT2D eigenvalue weighted by Crippen LogP contribution is -2.35. The van der Waals surface area contributed by atoms with E-state index >= 15 is 0 Å². The maximum absolute atomic E-state index is 12.1. The second-order valence-corrected chi connectivity index (χ2v) is 5.33. The fourth-order valence-corrected chi connectivity index (χ4v) is 3.10. The fraction of sp³-hybridized carbons (Fsp3) is 0.500. The maximum atomic E-state index is 12.1. The Morgan fingerprint density at radius 1 is 1.48 bits per heavy atom. The molecule has 0 saturated carbocycles.